The van der Waals surface area contributed by atoms with Gasteiger partial charge in [0.15, 0.2) is 12.6 Å². The monoisotopic (exact) mass is 640 g/mol. The van der Waals surface area contributed by atoms with Crippen LogP contribution < -0.4 is 0 Å². The van der Waals surface area contributed by atoms with Crippen molar-refractivity contribution in [3.63, 3.8) is 0 Å². The molecule has 3 aromatic rings. The molecule has 0 bridgehead atoms. The molecule has 0 amide bonds. The van der Waals surface area contributed by atoms with E-state index in [0.29, 0.717) is 0 Å². The lowest BCUT2D eigenvalue weighted by molar-refractivity contribution is -0.335. The lowest BCUT2D eigenvalue weighted by Gasteiger charge is -2.46. The van der Waals surface area contributed by atoms with Crippen LogP contribution >= 0.6 is 0 Å². The van der Waals surface area contributed by atoms with Crippen molar-refractivity contribution in [2.45, 2.75) is 81.2 Å². The zero-order valence-electron chi connectivity index (χ0n) is 26.1. The summed E-state index contributed by atoms with van der Waals surface area (Å²) in [6.45, 7) is 0.201. The Hall–Kier alpha value is -2.78. The van der Waals surface area contributed by atoms with E-state index in [1.54, 1.807) is 0 Å². The van der Waals surface area contributed by atoms with Gasteiger partial charge in [0.05, 0.1) is 33.0 Å². The molecule has 3 N–H and O–H groups in total. The average molecular weight is 641 g/mol. The number of rotatable bonds is 15. The van der Waals surface area contributed by atoms with Gasteiger partial charge in [0, 0.05) is 14.2 Å². The molecular weight excluding hydrogens is 596 g/mol. The van der Waals surface area contributed by atoms with Crippen molar-refractivity contribution in [3.05, 3.63) is 108 Å². The maximum Gasteiger partial charge on any atom is 0.186 e. The molecule has 46 heavy (non-hydrogen) atoms. The van der Waals surface area contributed by atoms with Gasteiger partial charge in [0.2, 0.25) is 0 Å². The second-order valence-corrected chi connectivity index (χ2v) is 11.3. The van der Waals surface area contributed by atoms with Crippen LogP contribution in [-0.2, 0) is 57.7 Å². The van der Waals surface area contributed by atoms with Crippen molar-refractivity contribution >= 4 is 0 Å². The second kappa shape index (κ2) is 17.4. The topological polar surface area (TPSA) is 135 Å². The molecule has 3 aromatic carbocycles. The molecule has 2 fully saturated rings. The number of methoxy groups -OCH3 is 2. The highest BCUT2D eigenvalue weighted by atomic mass is 16.7. The van der Waals surface area contributed by atoms with Gasteiger partial charge < -0.3 is 53.2 Å². The van der Waals surface area contributed by atoms with Crippen molar-refractivity contribution in [1.82, 2.24) is 0 Å². The first-order chi connectivity index (χ1) is 22.5. The van der Waals surface area contributed by atoms with Crippen molar-refractivity contribution in [3.8, 4) is 0 Å². The first-order valence-electron chi connectivity index (χ1n) is 15.4. The van der Waals surface area contributed by atoms with Crippen molar-refractivity contribution in [2.24, 2.45) is 0 Å². The van der Waals surface area contributed by atoms with Gasteiger partial charge in [-0.15, -0.1) is 0 Å². The third kappa shape index (κ3) is 8.77. The highest BCUT2D eigenvalue weighted by Gasteiger charge is 2.51. The SMILES string of the molecule is COC1OC(CO)C(O)C(OCC2OC(OC)C(OCc3ccccc3)C(OCc3ccccc3)C2OCc2ccccc2)C1O. The van der Waals surface area contributed by atoms with Crippen LogP contribution in [0.2, 0.25) is 0 Å². The molecule has 2 saturated heterocycles. The highest BCUT2D eigenvalue weighted by Crippen LogP contribution is 2.32. The van der Waals surface area contributed by atoms with E-state index in [2.05, 4.69) is 0 Å². The number of ether oxygens (including phenoxy) is 8. The summed E-state index contributed by atoms with van der Waals surface area (Å²) in [6.07, 6.45) is -9.67. The number of aliphatic hydroxyl groups is 3. The van der Waals surface area contributed by atoms with E-state index in [1.165, 1.54) is 14.2 Å². The molecule has 0 radical (unpaired) electrons. The molecule has 5 rings (SSSR count). The number of hydrogen-bond donors (Lipinski definition) is 3. The fraction of sp³-hybridized carbons (Fsp3) is 0.486. The van der Waals surface area contributed by atoms with Gasteiger partial charge in [-0.3, -0.25) is 0 Å². The normalized spacial score (nSPS) is 31.5. The molecule has 0 spiro atoms. The molecule has 11 nitrogen and oxygen atoms in total. The summed E-state index contributed by atoms with van der Waals surface area (Å²) in [6, 6.07) is 29.3. The van der Waals surface area contributed by atoms with Crippen LogP contribution in [0, 0.1) is 0 Å². The summed E-state index contributed by atoms with van der Waals surface area (Å²) < 4.78 is 48.7. The van der Waals surface area contributed by atoms with Gasteiger partial charge in [0.25, 0.3) is 0 Å². The number of hydrogen-bond acceptors (Lipinski definition) is 11. The Morgan fingerprint density at radius 1 is 0.522 bits per heavy atom. The summed E-state index contributed by atoms with van der Waals surface area (Å²) >= 11 is 0. The van der Waals surface area contributed by atoms with Gasteiger partial charge >= 0.3 is 0 Å². The highest BCUT2D eigenvalue weighted by molar-refractivity contribution is 5.15. The molecule has 250 valence electrons. The van der Waals surface area contributed by atoms with E-state index >= 15 is 0 Å². The molecule has 0 saturated carbocycles. The van der Waals surface area contributed by atoms with E-state index in [0.717, 1.165) is 16.7 Å². The summed E-state index contributed by atoms with van der Waals surface area (Å²) in [5.41, 5.74) is 2.89. The molecule has 10 atom stereocenters. The predicted molar refractivity (Wildman–Crippen MR) is 165 cm³/mol. The van der Waals surface area contributed by atoms with E-state index < -0.39 is 68.0 Å². The van der Waals surface area contributed by atoms with Crippen LogP contribution in [0.4, 0.5) is 0 Å². The zero-order chi connectivity index (χ0) is 32.3. The third-order valence-corrected chi connectivity index (χ3v) is 8.19. The quantitative estimate of drug-likeness (QED) is 0.226. The van der Waals surface area contributed by atoms with Crippen LogP contribution in [-0.4, -0.2) is 104 Å². The van der Waals surface area contributed by atoms with Crippen LogP contribution in [0.5, 0.6) is 0 Å². The first-order valence-corrected chi connectivity index (χ1v) is 15.4. The Bertz CT molecular complexity index is 1250. The summed E-state index contributed by atoms with van der Waals surface area (Å²) in [5, 5.41) is 31.5. The Morgan fingerprint density at radius 3 is 1.46 bits per heavy atom. The fourth-order valence-corrected chi connectivity index (χ4v) is 5.72. The minimum Gasteiger partial charge on any atom is -0.394 e. The molecular formula is C35H44O11. The molecule has 2 heterocycles. The maximum atomic E-state index is 10.9. The van der Waals surface area contributed by atoms with Gasteiger partial charge in [0.1, 0.15) is 48.8 Å². The molecule has 11 heteroatoms. The Morgan fingerprint density at radius 2 is 0.978 bits per heavy atom. The largest absolute Gasteiger partial charge is 0.394 e. The fourth-order valence-electron chi connectivity index (χ4n) is 5.72. The molecule has 10 unspecified atom stereocenters. The predicted octanol–water partition coefficient (Wildman–Crippen LogP) is 2.58. The number of benzene rings is 3. The summed E-state index contributed by atoms with van der Waals surface area (Å²) in [5.74, 6) is 0. The van der Waals surface area contributed by atoms with E-state index in [-0.39, 0.29) is 26.4 Å². The molecule has 0 aromatic heterocycles. The van der Waals surface area contributed by atoms with E-state index in [4.69, 9.17) is 37.9 Å². The lowest BCUT2D eigenvalue weighted by atomic mass is 9.96. The Balaban J connectivity index is 1.42. The Kier molecular flexibility index (Phi) is 13.1. The smallest absolute Gasteiger partial charge is 0.186 e. The second-order valence-electron chi connectivity index (χ2n) is 11.3. The van der Waals surface area contributed by atoms with Gasteiger partial charge in [-0.2, -0.15) is 0 Å². The van der Waals surface area contributed by atoms with Gasteiger partial charge in [-0.05, 0) is 16.7 Å². The number of aliphatic hydroxyl groups excluding tert-OH is 3. The van der Waals surface area contributed by atoms with Crippen molar-refractivity contribution in [2.75, 3.05) is 27.4 Å². The van der Waals surface area contributed by atoms with Crippen LogP contribution in [0.3, 0.4) is 0 Å². The van der Waals surface area contributed by atoms with Crippen LogP contribution in [0.15, 0.2) is 91.0 Å². The standard InChI is InChI=1S/C35H44O11/c1-39-34-29(38)31(28(37)26(18-36)45-34)44-22-27-30(41-19-23-12-6-3-7-13-23)32(42-20-24-14-8-4-9-15-24)33(35(40-2)46-27)43-21-25-16-10-5-11-17-25/h3-17,26-38H,18-22H2,1-2H3. The summed E-state index contributed by atoms with van der Waals surface area (Å²) in [7, 11) is 2.89. The van der Waals surface area contributed by atoms with Crippen molar-refractivity contribution in [1.29, 1.82) is 0 Å². The van der Waals surface area contributed by atoms with Gasteiger partial charge in [-0.1, -0.05) is 91.0 Å². The maximum absolute atomic E-state index is 10.9. The minimum atomic E-state index is -1.33. The van der Waals surface area contributed by atoms with Gasteiger partial charge in [-0.25, -0.2) is 0 Å². The van der Waals surface area contributed by atoms with Crippen molar-refractivity contribution < 1.29 is 53.2 Å². The third-order valence-electron chi connectivity index (χ3n) is 8.19. The zero-order valence-corrected chi connectivity index (χ0v) is 26.1. The molecule has 2 aliphatic rings. The molecule has 2 aliphatic heterocycles. The Labute approximate surface area is 269 Å². The lowest BCUT2D eigenvalue weighted by Crippen LogP contribution is -2.63. The minimum absolute atomic E-state index is 0.122. The first kappa shape index (κ1) is 34.6. The van der Waals surface area contributed by atoms with E-state index in [9.17, 15) is 15.3 Å². The molecule has 0 aliphatic carbocycles. The summed E-state index contributed by atoms with van der Waals surface area (Å²) in [4.78, 5) is 0. The average Bonchev–Trinajstić information content (AvgIpc) is 3.10. The van der Waals surface area contributed by atoms with Crippen LogP contribution in [0.25, 0.3) is 0 Å². The van der Waals surface area contributed by atoms with Crippen LogP contribution in [0.1, 0.15) is 16.7 Å². The van der Waals surface area contributed by atoms with E-state index in [1.807, 2.05) is 91.0 Å².